The van der Waals surface area contributed by atoms with Gasteiger partial charge >= 0.3 is 35.8 Å². The van der Waals surface area contributed by atoms with Crippen LogP contribution in [0.3, 0.4) is 0 Å². The third-order valence-corrected chi connectivity index (χ3v) is 37.7. The Morgan fingerprint density at radius 1 is 0.262 bits per heavy atom. The number of hydrogen-bond acceptors (Lipinski definition) is 39. The molecule has 130 heavy (non-hydrogen) atoms. The van der Waals surface area contributed by atoms with Gasteiger partial charge in [-0.1, -0.05) is 39.5 Å². The fourth-order valence-electron chi connectivity index (χ4n) is 20.9. The summed E-state index contributed by atoms with van der Waals surface area (Å²) < 4.78 is 220. The highest BCUT2D eigenvalue weighted by molar-refractivity contribution is 7.89. The quantitative estimate of drug-likeness (QED) is 0.0354. The van der Waals surface area contributed by atoms with E-state index in [0.717, 1.165) is 19.3 Å². The highest BCUT2D eigenvalue weighted by atomic mass is 32.2. The zero-order valence-corrected chi connectivity index (χ0v) is 77.1. The third-order valence-electron chi connectivity index (χ3n) is 27.3. The SMILES string of the molecule is C=C(C)C(=O)CCCC(=O)OC1C2CC3C(O2)C1OS3(=O)=O.C=C(C)C(=O)CCCC(=O)OC1C2CC3C(O2)C1OS3(=O)=O.C=C(C)C(=O)CCCC(=O)OC1C2CC3C1OS(=O)(=O)C3C2.C=C(C)C(=O)CCCC(=O)OC1C2CC3C1OS(=O)(=O)C3C2.C=CC(=O)CCCC(=O)OC1C2CC3C(O2)C1OS3(=O)=O.C=CC(=O)CCCC(=O)OC1C2CC3C1OS(=O)(=O)C3C2. The second kappa shape index (κ2) is 39.9. The van der Waals surface area contributed by atoms with Crippen molar-refractivity contribution in [1.82, 2.24) is 0 Å². The Morgan fingerprint density at radius 2 is 0.462 bits per heavy atom. The number of rotatable bonds is 36. The highest BCUT2D eigenvalue weighted by Crippen LogP contribution is 2.59. The minimum absolute atomic E-state index is 0.0276. The van der Waals surface area contributed by atoms with E-state index in [2.05, 4.69) is 39.5 Å². The Hall–Kier alpha value is -7.38. The molecule has 39 nitrogen and oxygen atoms in total. The summed E-state index contributed by atoms with van der Waals surface area (Å²) in [5, 5.41) is -3.13. The molecule has 0 spiro atoms. The Labute approximate surface area is 754 Å². The monoisotopic (exact) mass is 1950 g/mol. The average Bonchev–Trinajstić information content (AvgIpc) is 1.59. The standard InChI is InChI=1S/2C15H20O6S.2C14H18O7S.C14H18O6S.C13H16O7S/c2*1-8(2)11(16)4-3-5-13(17)20-14-9-6-10-12(7-9)22(18,19)21-15(10)14;2*1-7(2)8(15)4-3-5-11(16)20-12-9-6-10-13(19-9)14(12)21-22(10,17)18;1-2-9(15)4-3-5-12(16)19-13-8-6-10-11(7-8)21(17,18)20-14(10)13;1-2-7(14)4-3-5-10(15)19-11-8-6-9-12(18-8)13(11)20-21(9,16)17/h2*9-10,12,14-15H,1,3-7H2,2H3;2*9-10,12-14H,1,3-6H2,2H3;2,8,10-11,13-14H,1,3-7H2;2,8-9,11-13H,1,3-6H2. The van der Waals surface area contributed by atoms with Crippen molar-refractivity contribution in [2.24, 2.45) is 35.5 Å². The van der Waals surface area contributed by atoms with Gasteiger partial charge in [-0.2, -0.15) is 50.5 Å². The van der Waals surface area contributed by atoms with Gasteiger partial charge in [0.2, 0.25) is 0 Å². The molecule has 18 aliphatic rings. The molecule has 30 unspecified atom stereocenters. The Morgan fingerprint density at radius 3 is 0.677 bits per heavy atom. The molecule has 0 radical (unpaired) electrons. The number of carbonyl (C=O) groups excluding carboxylic acids is 12. The van der Waals surface area contributed by atoms with Crippen LogP contribution in [-0.4, -0.2) is 262 Å². The van der Waals surface area contributed by atoms with Crippen LogP contribution in [0.2, 0.25) is 0 Å². The fourth-order valence-corrected chi connectivity index (χ4v) is 31.5. The summed E-state index contributed by atoms with van der Waals surface area (Å²) in [6.45, 7) is 27.5. The second-order valence-electron chi connectivity index (χ2n) is 36.4. The lowest BCUT2D eigenvalue weighted by Crippen LogP contribution is -2.41. The Kier molecular flexibility index (Phi) is 30.7. The van der Waals surface area contributed by atoms with Crippen LogP contribution in [0.25, 0.3) is 0 Å². The van der Waals surface area contributed by atoms with Crippen molar-refractivity contribution in [2.75, 3.05) is 0 Å². The zero-order chi connectivity index (χ0) is 94.7. The summed E-state index contributed by atoms with van der Waals surface area (Å²) in [5.74, 6) is -2.93. The second-order valence-corrected chi connectivity index (χ2v) is 47.1. The fraction of sp³-hybridized carbons (Fsp3) is 0.718. The average molecular weight is 1950 g/mol. The summed E-state index contributed by atoms with van der Waals surface area (Å²) in [6.07, 6.45) is 1.89. The van der Waals surface area contributed by atoms with E-state index in [4.69, 9.17) is 67.7 Å². The Balaban J connectivity index is 0.000000133. The molecular formula is C85H110O39S6. The smallest absolute Gasteiger partial charge is 0.306 e. The molecule has 0 aromatic rings. The van der Waals surface area contributed by atoms with E-state index in [1.807, 2.05) is 0 Å². The van der Waals surface area contributed by atoms with Gasteiger partial charge in [0.05, 0.1) is 34.1 Å². The molecular weight excluding hydrogens is 1840 g/mol. The number of Topliss-reactive ketones (excluding diaryl/α,β-unsaturated/α-hetero) is 4. The minimum Gasteiger partial charge on any atom is -0.459 e. The lowest BCUT2D eigenvalue weighted by Gasteiger charge is -2.24. The van der Waals surface area contributed by atoms with E-state index in [-0.39, 0.29) is 147 Å². The van der Waals surface area contributed by atoms with Gasteiger partial charge in [-0.25, -0.2) is 0 Å². The Bertz CT molecular complexity index is 4780. The molecule has 12 bridgehead atoms. The van der Waals surface area contributed by atoms with Crippen LogP contribution < -0.4 is 0 Å². The van der Waals surface area contributed by atoms with Crippen LogP contribution in [-0.2, 0) is 186 Å². The van der Waals surface area contributed by atoms with Gasteiger partial charge < -0.3 is 42.6 Å². The first-order valence-electron chi connectivity index (χ1n) is 43.7. The van der Waals surface area contributed by atoms with E-state index in [0.29, 0.717) is 99.3 Å². The number of carbonyl (C=O) groups is 12. The largest absolute Gasteiger partial charge is 0.459 e. The summed E-state index contributed by atoms with van der Waals surface area (Å²) in [5.41, 5.74) is 1.89. The maximum atomic E-state index is 11.9. The van der Waals surface area contributed by atoms with Crippen molar-refractivity contribution in [3.63, 3.8) is 0 Å². The molecule has 0 aromatic carbocycles. The van der Waals surface area contributed by atoms with Crippen molar-refractivity contribution in [2.45, 2.75) is 342 Å². The molecule has 6 saturated carbocycles. The number of ether oxygens (including phenoxy) is 9. The number of hydrogen-bond donors (Lipinski definition) is 0. The third kappa shape index (κ3) is 21.6. The zero-order valence-electron chi connectivity index (χ0n) is 72.2. The molecule has 720 valence electrons. The maximum Gasteiger partial charge on any atom is 0.306 e. The first kappa shape index (κ1) is 100. The number of esters is 6. The van der Waals surface area contributed by atoms with Crippen LogP contribution in [0, 0.1) is 35.5 Å². The summed E-state index contributed by atoms with van der Waals surface area (Å²) in [7, 11) is -21.3. The van der Waals surface area contributed by atoms with Crippen LogP contribution in [0.1, 0.15) is 201 Å². The van der Waals surface area contributed by atoms with E-state index < -0.39 is 238 Å². The summed E-state index contributed by atoms with van der Waals surface area (Å²) >= 11 is 0. The summed E-state index contributed by atoms with van der Waals surface area (Å²) in [6, 6.07) is 0. The number of allylic oxidation sites excluding steroid dienone is 6. The van der Waals surface area contributed by atoms with Gasteiger partial charge in [0.25, 0.3) is 60.7 Å². The molecule has 18 rings (SSSR count). The normalized spacial score (nSPS) is 37.6. The number of fused-ring (bicyclic) bond motifs is 6. The van der Waals surface area contributed by atoms with Gasteiger partial charge in [-0.15, -0.1) is 0 Å². The molecule has 0 amide bonds. The summed E-state index contributed by atoms with van der Waals surface area (Å²) in [4.78, 5) is 139. The van der Waals surface area contributed by atoms with Crippen LogP contribution in [0.5, 0.6) is 0 Å². The van der Waals surface area contributed by atoms with Crippen molar-refractivity contribution >= 4 is 131 Å². The molecule has 6 aliphatic carbocycles. The topological polar surface area (TPSA) is 548 Å². The van der Waals surface area contributed by atoms with Crippen LogP contribution >= 0.6 is 0 Å². The van der Waals surface area contributed by atoms with Crippen LogP contribution in [0.4, 0.5) is 0 Å². The van der Waals surface area contributed by atoms with E-state index in [1.165, 1.54) is 12.2 Å². The lowest BCUT2D eigenvalue weighted by molar-refractivity contribution is -0.156. The van der Waals surface area contributed by atoms with Crippen molar-refractivity contribution in [3.05, 3.63) is 73.9 Å². The first-order chi connectivity index (χ1) is 61.0. The van der Waals surface area contributed by atoms with Gasteiger partial charge in [0.15, 0.2) is 53.0 Å². The predicted molar refractivity (Wildman–Crippen MR) is 446 cm³/mol. The maximum absolute atomic E-state index is 11.9. The molecule has 30 atom stereocenters. The van der Waals surface area contributed by atoms with E-state index >= 15 is 0 Å². The molecule has 0 aromatic heterocycles. The van der Waals surface area contributed by atoms with Crippen molar-refractivity contribution in [1.29, 1.82) is 0 Å². The number of ketones is 6. The molecule has 18 fully saturated rings. The van der Waals surface area contributed by atoms with Gasteiger partial charge in [0.1, 0.15) is 89.0 Å². The highest BCUT2D eigenvalue weighted by Gasteiger charge is 2.72. The van der Waals surface area contributed by atoms with E-state index in [9.17, 15) is 108 Å². The molecule has 12 aliphatic heterocycles. The van der Waals surface area contributed by atoms with Crippen LogP contribution in [0.15, 0.2) is 73.9 Å². The minimum atomic E-state index is -3.61. The van der Waals surface area contributed by atoms with E-state index in [1.54, 1.807) is 27.7 Å². The lowest BCUT2D eigenvalue weighted by atomic mass is 9.94. The van der Waals surface area contributed by atoms with Gasteiger partial charge in [-0.3, -0.25) is 82.6 Å². The van der Waals surface area contributed by atoms with Crippen molar-refractivity contribution in [3.8, 4) is 0 Å². The predicted octanol–water partition coefficient (Wildman–Crippen LogP) is 4.72. The first-order valence-corrected chi connectivity index (χ1v) is 52.6. The molecule has 0 N–H and O–H groups in total. The molecule has 45 heteroatoms. The molecule has 12 heterocycles. The van der Waals surface area contributed by atoms with Gasteiger partial charge in [0, 0.05) is 113 Å². The van der Waals surface area contributed by atoms with Crippen molar-refractivity contribution < 1.29 is 176 Å². The molecule has 12 saturated heterocycles. The van der Waals surface area contributed by atoms with Gasteiger partial charge in [-0.05, 0) is 158 Å².